The maximum absolute atomic E-state index is 4.62. The molecule has 0 aliphatic rings. The smallest absolute Gasteiger partial charge is 0.108 e. The third kappa shape index (κ3) is 3.00. The summed E-state index contributed by atoms with van der Waals surface area (Å²) in [5.41, 5.74) is 3.72. The molecule has 2 aromatic carbocycles. The SMILES string of the molecule is Cc1cccc(CNCc2nc3ccccc3s2)c1. The van der Waals surface area contributed by atoms with Crippen LogP contribution in [0.15, 0.2) is 48.5 Å². The van der Waals surface area contributed by atoms with Gasteiger partial charge in [0, 0.05) is 13.1 Å². The maximum Gasteiger partial charge on any atom is 0.108 e. The second-order valence-electron chi connectivity index (χ2n) is 4.67. The summed E-state index contributed by atoms with van der Waals surface area (Å²) in [6, 6.07) is 16.9. The molecular weight excluding hydrogens is 252 g/mol. The fourth-order valence-corrected chi connectivity index (χ4v) is 3.07. The highest BCUT2D eigenvalue weighted by molar-refractivity contribution is 7.18. The summed E-state index contributed by atoms with van der Waals surface area (Å²) >= 11 is 1.76. The van der Waals surface area contributed by atoms with Crippen LogP contribution in [0.25, 0.3) is 10.2 Å². The van der Waals surface area contributed by atoms with E-state index >= 15 is 0 Å². The molecule has 0 aliphatic heterocycles. The lowest BCUT2D eigenvalue weighted by molar-refractivity contribution is 0.690. The monoisotopic (exact) mass is 268 g/mol. The van der Waals surface area contributed by atoms with Crippen molar-refractivity contribution in [1.82, 2.24) is 10.3 Å². The summed E-state index contributed by atoms with van der Waals surface area (Å²) in [7, 11) is 0. The number of hydrogen-bond donors (Lipinski definition) is 1. The Morgan fingerprint density at radius 2 is 1.95 bits per heavy atom. The van der Waals surface area contributed by atoms with Gasteiger partial charge in [0.25, 0.3) is 0 Å². The van der Waals surface area contributed by atoms with Gasteiger partial charge in [0.15, 0.2) is 0 Å². The lowest BCUT2D eigenvalue weighted by Crippen LogP contribution is -2.12. The molecular formula is C16H16N2S. The van der Waals surface area contributed by atoms with Crippen LogP contribution in [0.4, 0.5) is 0 Å². The maximum atomic E-state index is 4.62. The van der Waals surface area contributed by atoms with Crippen molar-refractivity contribution in [3.8, 4) is 0 Å². The van der Waals surface area contributed by atoms with Crippen LogP contribution in [0, 0.1) is 6.92 Å². The van der Waals surface area contributed by atoms with E-state index < -0.39 is 0 Å². The van der Waals surface area contributed by atoms with Crippen LogP contribution in [0.5, 0.6) is 0 Å². The third-order valence-electron chi connectivity index (χ3n) is 3.03. The van der Waals surface area contributed by atoms with E-state index in [1.54, 1.807) is 11.3 Å². The molecule has 0 atom stereocenters. The van der Waals surface area contributed by atoms with E-state index in [1.807, 2.05) is 6.07 Å². The van der Waals surface area contributed by atoms with Crippen LogP contribution < -0.4 is 5.32 Å². The number of fused-ring (bicyclic) bond motifs is 1. The summed E-state index contributed by atoms with van der Waals surface area (Å²) in [6.45, 7) is 3.84. The Hall–Kier alpha value is -1.71. The van der Waals surface area contributed by atoms with Gasteiger partial charge in [-0.15, -0.1) is 11.3 Å². The van der Waals surface area contributed by atoms with E-state index in [9.17, 15) is 0 Å². The number of thiazole rings is 1. The predicted octanol–water partition coefficient (Wildman–Crippen LogP) is 3.89. The number of rotatable bonds is 4. The van der Waals surface area contributed by atoms with Crippen LogP contribution in [0.2, 0.25) is 0 Å². The molecule has 19 heavy (non-hydrogen) atoms. The van der Waals surface area contributed by atoms with Crippen molar-refractivity contribution in [2.24, 2.45) is 0 Å². The molecule has 0 bridgehead atoms. The number of para-hydroxylation sites is 1. The molecule has 0 saturated heterocycles. The molecule has 3 heteroatoms. The largest absolute Gasteiger partial charge is 0.306 e. The number of aryl methyl sites for hydroxylation is 1. The minimum Gasteiger partial charge on any atom is -0.306 e. The average Bonchev–Trinajstić information content (AvgIpc) is 2.81. The van der Waals surface area contributed by atoms with Crippen LogP contribution >= 0.6 is 11.3 Å². The Kier molecular flexibility index (Phi) is 3.58. The summed E-state index contributed by atoms with van der Waals surface area (Å²) in [4.78, 5) is 4.62. The van der Waals surface area contributed by atoms with Crippen molar-refractivity contribution < 1.29 is 0 Å². The number of nitrogens with one attached hydrogen (secondary N) is 1. The van der Waals surface area contributed by atoms with Crippen molar-refractivity contribution in [2.75, 3.05) is 0 Å². The summed E-state index contributed by atoms with van der Waals surface area (Å²) < 4.78 is 1.26. The number of aromatic nitrogens is 1. The lowest BCUT2D eigenvalue weighted by Gasteiger charge is -2.03. The molecule has 1 aromatic heterocycles. The van der Waals surface area contributed by atoms with Gasteiger partial charge in [0.05, 0.1) is 10.2 Å². The first-order valence-corrected chi connectivity index (χ1v) is 7.23. The topological polar surface area (TPSA) is 24.9 Å². The van der Waals surface area contributed by atoms with Crippen LogP contribution in [0.3, 0.4) is 0 Å². The molecule has 3 aromatic rings. The fraction of sp³-hybridized carbons (Fsp3) is 0.188. The molecule has 0 saturated carbocycles. The Labute approximate surface area is 117 Å². The van der Waals surface area contributed by atoms with E-state index in [0.29, 0.717) is 0 Å². The zero-order valence-electron chi connectivity index (χ0n) is 10.9. The first-order chi connectivity index (χ1) is 9.31. The van der Waals surface area contributed by atoms with E-state index in [4.69, 9.17) is 0 Å². The van der Waals surface area contributed by atoms with Gasteiger partial charge in [-0.25, -0.2) is 4.98 Å². The molecule has 3 rings (SSSR count). The van der Waals surface area contributed by atoms with Gasteiger partial charge in [-0.05, 0) is 24.6 Å². The summed E-state index contributed by atoms with van der Waals surface area (Å²) in [5, 5.41) is 4.60. The van der Waals surface area contributed by atoms with Crippen molar-refractivity contribution in [1.29, 1.82) is 0 Å². The molecule has 0 spiro atoms. The van der Waals surface area contributed by atoms with Crippen molar-refractivity contribution in [3.63, 3.8) is 0 Å². The minimum atomic E-state index is 0.827. The zero-order valence-corrected chi connectivity index (χ0v) is 11.7. The Morgan fingerprint density at radius 1 is 1.05 bits per heavy atom. The molecule has 96 valence electrons. The first-order valence-electron chi connectivity index (χ1n) is 6.42. The summed E-state index contributed by atoms with van der Waals surface area (Å²) in [6.07, 6.45) is 0. The molecule has 1 N–H and O–H groups in total. The highest BCUT2D eigenvalue weighted by Crippen LogP contribution is 2.21. The van der Waals surface area contributed by atoms with Gasteiger partial charge in [-0.2, -0.15) is 0 Å². The van der Waals surface area contributed by atoms with E-state index in [2.05, 4.69) is 59.7 Å². The molecule has 2 nitrogen and oxygen atoms in total. The van der Waals surface area contributed by atoms with Gasteiger partial charge in [-0.3, -0.25) is 0 Å². The van der Waals surface area contributed by atoms with Gasteiger partial charge < -0.3 is 5.32 Å². The van der Waals surface area contributed by atoms with Gasteiger partial charge in [-0.1, -0.05) is 42.0 Å². The van der Waals surface area contributed by atoms with Crippen molar-refractivity contribution in [2.45, 2.75) is 20.0 Å². The van der Waals surface area contributed by atoms with Gasteiger partial charge in [0.1, 0.15) is 5.01 Å². The highest BCUT2D eigenvalue weighted by atomic mass is 32.1. The number of hydrogen-bond acceptors (Lipinski definition) is 3. The molecule has 0 unspecified atom stereocenters. The Morgan fingerprint density at radius 3 is 2.79 bits per heavy atom. The Bertz CT molecular complexity index is 655. The normalized spacial score (nSPS) is 11.0. The van der Waals surface area contributed by atoms with Crippen LogP contribution in [0.1, 0.15) is 16.1 Å². The zero-order chi connectivity index (χ0) is 13.1. The van der Waals surface area contributed by atoms with Crippen molar-refractivity contribution >= 4 is 21.6 Å². The second-order valence-corrected chi connectivity index (χ2v) is 5.78. The standard InChI is InChI=1S/C16H16N2S/c1-12-5-4-6-13(9-12)10-17-11-16-18-14-7-2-3-8-15(14)19-16/h2-9,17H,10-11H2,1H3. The number of nitrogens with zero attached hydrogens (tertiary/aromatic N) is 1. The third-order valence-corrected chi connectivity index (χ3v) is 4.06. The molecule has 0 amide bonds. The van der Waals surface area contributed by atoms with E-state index in [1.165, 1.54) is 15.8 Å². The molecule has 0 radical (unpaired) electrons. The average molecular weight is 268 g/mol. The minimum absolute atomic E-state index is 0.827. The van der Waals surface area contributed by atoms with Crippen LogP contribution in [-0.2, 0) is 13.1 Å². The number of benzene rings is 2. The first kappa shape index (κ1) is 12.3. The highest BCUT2D eigenvalue weighted by Gasteiger charge is 2.02. The quantitative estimate of drug-likeness (QED) is 0.776. The van der Waals surface area contributed by atoms with Crippen molar-refractivity contribution in [3.05, 3.63) is 64.7 Å². The molecule has 0 fully saturated rings. The van der Waals surface area contributed by atoms with Crippen LogP contribution in [-0.4, -0.2) is 4.98 Å². The predicted molar refractivity (Wildman–Crippen MR) is 81.3 cm³/mol. The fourth-order valence-electron chi connectivity index (χ4n) is 2.13. The van der Waals surface area contributed by atoms with E-state index in [0.717, 1.165) is 23.6 Å². The van der Waals surface area contributed by atoms with Gasteiger partial charge >= 0.3 is 0 Å². The Balaban J connectivity index is 1.63. The summed E-state index contributed by atoms with van der Waals surface area (Å²) in [5.74, 6) is 0. The van der Waals surface area contributed by atoms with E-state index in [-0.39, 0.29) is 0 Å². The molecule has 0 aliphatic carbocycles. The molecule has 1 heterocycles. The lowest BCUT2D eigenvalue weighted by atomic mass is 10.1. The van der Waals surface area contributed by atoms with Gasteiger partial charge in [0.2, 0.25) is 0 Å². The second kappa shape index (κ2) is 5.51.